The maximum Gasteiger partial charge on any atom is 0.244 e. The van der Waals surface area contributed by atoms with E-state index in [1.54, 1.807) is 0 Å². The first-order valence-electron chi connectivity index (χ1n) is 10.9. The van der Waals surface area contributed by atoms with E-state index in [1.807, 2.05) is 55.1 Å². The fourth-order valence-corrected chi connectivity index (χ4v) is 3.69. The number of nitrogens with one attached hydrogen (secondary N) is 2. The smallest absolute Gasteiger partial charge is 0.244 e. The first-order chi connectivity index (χ1) is 14.7. The van der Waals surface area contributed by atoms with E-state index in [4.69, 9.17) is 0 Å². The van der Waals surface area contributed by atoms with Crippen molar-refractivity contribution < 1.29 is 4.79 Å². The molecule has 7 heteroatoms. The molecule has 3 rings (SSSR count). The lowest BCUT2D eigenvalue weighted by Crippen LogP contribution is -2.45. The molecule has 1 saturated heterocycles. The van der Waals surface area contributed by atoms with E-state index in [1.165, 1.54) is 5.69 Å². The Morgan fingerprint density at radius 1 is 1.10 bits per heavy atom. The van der Waals surface area contributed by atoms with E-state index < -0.39 is 0 Å². The predicted molar refractivity (Wildman–Crippen MR) is 139 cm³/mol. The van der Waals surface area contributed by atoms with Crippen LogP contribution in [0.2, 0.25) is 0 Å². The van der Waals surface area contributed by atoms with Crippen LogP contribution < -0.4 is 15.5 Å². The maximum absolute atomic E-state index is 12.7. The average Bonchev–Trinajstić information content (AvgIpc) is 3.25. The van der Waals surface area contributed by atoms with Crippen molar-refractivity contribution in [3.05, 3.63) is 66.2 Å². The minimum atomic E-state index is 0. The Kier molecular flexibility index (Phi) is 10.6. The van der Waals surface area contributed by atoms with Gasteiger partial charge in [0.15, 0.2) is 5.96 Å². The molecule has 0 spiro atoms. The highest BCUT2D eigenvalue weighted by Gasteiger charge is 2.23. The van der Waals surface area contributed by atoms with Crippen molar-refractivity contribution in [1.82, 2.24) is 15.5 Å². The molecule has 6 nitrogen and oxygen atoms in total. The molecular weight excluding hydrogens is 501 g/mol. The van der Waals surface area contributed by atoms with Crippen LogP contribution in [0.3, 0.4) is 0 Å². The van der Waals surface area contributed by atoms with Crippen LogP contribution in [0.1, 0.15) is 25.8 Å². The third-order valence-electron chi connectivity index (χ3n) is 5.32. The number of rotatable bonds is 8. The van der Waals surface area contributed by atoms with Crippen molar-refractivity contribution in [2.24, 2.45) is 4.99 Å². The average molecular weight is 535 g/mol. The predicted octanol–water partition coefficient (Wildman–Crippen LogP) is 3.49. The molecule has 0 aliphatic carbocycles. The summed E-state index contributed by atoms with van der Waals surface area (Å²) >= 11 is 0. The van der Waals surface area contributed by atoms with Gasteiger partial charge in [-0.2, -0.15) is 0 Å². The molecule has 1 heterocycles. The van der Waals surface area contributed by atoms with Crippen LogP contribution in [0.5, 0.6) is 0 Å². The molecule has 2 N–H and O–H groups in total. The largest absolute Gasteiger partial charge is 0.369 e. The summed E-state index contributed by atoms with van der Waals surface area (Å²) in [6.45, 7) is 8.18. The van der Waals surface area contributed by atoms with Crippen molar-refractivity contribution in [3.8, 4) is 0 Å². The van der Waals surface area contributed by atoms with Gasteiger partial charge in [-0.05, 0) is 38.0 Å². The lowest BCUT2D eigenvalue weighted by Gasteiger charge is -2.22. The summed E-state index contributed by atoms with van der Waals surface area (Å²) in [6.07, 6.45) is 1.04. The Hall–Kier alpha value is -2.29. The molecule has 31 heavy (non-hydrogen) atoms. The normalized spacial score (nSPS) is 15.9. The highest BCUT2D eigenvalue weighted by Crippen LogP contribution is 2.19. The Morgan fingerprint density at radius 3 is 2.42 bits per heavy atom. The Morgan fingerprint density at radius 2 is 1.77 bits per heavy atom. The number of anilines is 1. The minimum Gasteiger partial charge on any atom is -0.369 e. The Balaban J connectivity index is 0.00000341. The molecular formula is C24H34IN5O. The number of amides is 1. The third-order valence-corrected chi connectivity index (χ3v) is 5.32. The maximum atomic E-state index is 12.7. The standard InChI is InChI=1S/C24H33N5O.HI/c1-3-25-24(27-21-15-16-29(19-21)22-13-9-6-10-14-22)26-17-23(30)28(4-2)18-20-11-7-5-8-12-20;/h5-14,21H,3-4,15-19H2,1-2H3,(H2,25,26,27);1H. The zero-order chi connectivity index (χ0) is 21.2. The van der Waals surface area contributed by atoms with Crippen molar-refractivity contribution in [2.75, 3.05) is 37.6 Å². The summed E-state index contributed by atoms with van der Waals surface area (Å²) in [5.41, 5.74) is 2.38. The molecule has 1 fully saturated rings. The van der Waals surface area contributed by atoms with Gasteiger partial charge in [0.25, 0.3) is 0 Å². The number of nitrogens with zero attached hydrogens (tertiary/aromatic N) is 3. The number of halogens is 1. The number of aliphatic imine (C=N–C) groups is 1. The van der Waals surface area contributed by atoms with Gasteiger partial charge < -0.3 is 20.4 Å². The molecule has 1 aliphatic rings. The summed E-state index contributed by atoms with van der Waals surface area (Å²) in [5, 5.41) is 6.78. The second-order valence-electron chi connectivity index (χ2n) is 7.50. The number of hydrogen-bond donors (Lipinski definition) is 2. The van der Waals surface area contributed by atoms with Crippen LogP contribution in [0.25, 0.3) is 0 Å². The Labute approximate surface area is 203 Å². The zero-order valence-corrected chi connectivity index (χ0v) is 20.8. The number of para-hydroxylation sites is 1. The number of likely N-dealkylation sites (N-methyl/N-ethyl adjacent to an activating group) is 1. The molecule has 0 aromatic heterocycles. The molecule has 168 valence electrons. The molecule has 2 aromatic carbocycles. The van der Waals surface area contributed by atoms with Gasteiger partial charge >= 0.3 is 0 Å². The first-order valence-corrected chi connectivity index (χ1v) is 10.9. The Bertz CT molecular complexity index is 815. The lowest BCUT2D eigenvalue weighted by atomic mass is 10.2. The number of guanidine groups is 1. The molecule has 0 radical (unpaired) electrons. The molecule has 1 aliphatic heterocycles. The first kappa shape index (κ1) is 25.0. The molecule has 0 saturated carbocycles. The van der Waals surface area contributed by atoms with E-state index in [0.29, 0.717) is 25.1 Å². The molecule has 1 unspecified atom stereocenters. The molecule has 1 amide bonds. The number of hydrogen-bond acceptors (Lipinski definition) is 3. The van der Waals surface area contributed by atoms with Crippen molar-refractivity contribution in [3.63, 3.8) is 0 Å². The fourth-order valence-electron chi connectivity index (χ4n) is 3.69. The highest BCUT2D eigenvalue weighted by molar-refractivity contribution is 14.0. The monoisotopic (exact) mass is 535 g/mol. The number of carbonyl (C=O) groups is 1. The zero-order valence-electron chi connectivity index (χ0n) is 18.5. The summed E-state index contributed by atoms with van der Waals surface area (Å²) < 4.78 is 0. The minimum absolute atomic E-state index is 0. The van der Waals surface area contributed by atoms with Crippen molar-refractivity contribution in [2.45, 2.75) is 32.9 Å². The second kappa shape index (κ2) is 13.2. The third kappa shape index (κ3) is 7.72. The molecule has 1 atom stereocenters. The van der Waals surface area contributed by atoms with Gasteiger partial charge in [0.1, 0.15) is 6.54 Å². The second-order valence-corrected chi connectivity index (χ2v) is 7.50. The SMILES string of the molecule is CCNC(=NCC(=O)N(CC)Cc1ccccc1)NC1CCN(c2ccccc2)C1.I. The molecule has 2 aromatic rings. The van der Waals surface area contributed by atoms with Gasteiger partial charge in [0.05, 0.1) is 0 Å². The summed E-state index contributed by atoms with van der Waals surface area (Å²) in [4.78, 5) is 21.5. The van der Waals surface area contributed by atoms with Gasteiger partial charge in [0.2, 0.25) is 5.91 Å². The van der Waals surface area contributed by atoms with Gasteiger partial charge in [-0.1, -0.05) is 48.5 Å². The molecule has 0 bridgehead atoms. The highest BCUT2D eigenvalue weighted by atomic mass is 127. The van der Waals surface area contributed by atoms with Crippen LogP contribution in [0.15, 0.2) is 65.7 Å². The van der Waals surface area contributed by atoms with Crippen molar-refractivity contribution in [1.29, 1.82) is 0 Å². The summed E-state index contributed by atoms with van der Waals surface area (Å²) in [5.74, 6) is 0.748. The fraction of sp³-hybridized carbons (Fsp3) is 0.417. The number of carbonyl (C=O) groups excluding carboxylic acids is 1. The van der Waals surface area contributed by atoms with Gasteiger partial charge in [-0.15, -0.1) is 24.0 Å². The summed E-state index contributed by atoms with van der Waals surface area (Å²) in [7, 11) is 0. The van der Waals surface area contributed by atoms with Crippen LogP contribution in [0.4, 0.5) is 5.69 Å². The van der Waals surface area contributed by atoms with Gasteiger partial charge in [-0.3, -0.25) is 4.79 Å². The van der Waals surface area contributed by atoms with Crippen LogP contribution in [-0.4, -0.2) is 55.5 Å². The lowest BCUT2D eigenvalue weighted by molar-refractivity contribution is -0.130. The van der Waals surface area contributed by atoms with Gasteiger partial charge in [0, 0.05) is 44.5 Å². The van der Waals surface area contributed by atoms with Crippen LogP contribution >= 0.6 is 24.0 Å². The van der Waals surface area contributed by atoms with E-state index in [0.717, 1.165) is 31.6 Å². The van der Waals surface area contributed by atoms with Crippen LogP contribution in [-0.2, 0) is 11.3 Å². The summed E-state index contributed by atoms with van der Waals surface area (Å²) in [6, 6.07) is 20.9. The number of benzene rings is 2. The van der Waals surface area contributed by atoms with Crippen LogP contribution in [0, 0.1) is 0 Å². The van der Waals surface area contributed by atoms with Crippen molar-refractivity contribution >= 4 is 41.5 Å². The van der Waals surface area contributed by atoms with Gasteiger partial charge in [-0.25, -0.2) is 4.99 Å². The van der Waals surface area contributed by atoms with E-state index in [-0.39, 0.29) is 36.4 Å². The van der Waals surface area contributed by atoms with E-state index in [2.05, 4.69) is 44.8 Å². The quantitative estimate of drug-likeness (QED) is 0.309. The van der Waals surface area contributed by atoms with E-state index >= 15 is 0 Å². The van der Waals surface area contributed by atoms with E-state index in [9.17, 15) is 4.79 Å². The topological polar surface area (TPSA) is 60.0 Å².